The van der Waals surface area contributed by atoms with Gasteiger partial charge >= 0.3 is 0 Å². The van der Waals surface area contributed by atoms with Crippen molar-refractivity contribution in [1.29, 1.82) is 5.26 Å². The first-order valence-electron chi connectivity index (χ1n) is 12.4. The Morgan fingerprint density at radius 1 is 1.03 bits per heavy atom. The number of carbonyl (C=O) groups is 1. The molecule has 5 rings (SSSR count). The molecule has 1 amide bonds. The minimum absolute atomic E-state index is 0.0367. The van der Waals surface area contributed by atoms with Crippen LogP contribution < -0.4 is 5.32 Å². The van der Waals surface area contributed by atoms with Crippen molar-refractivity contribution in [2.45, 2.75) is 38.5 Å². The van der Waals surface area contributed by atoms with Crippen LogP contribution in [0.1, 0.15) is 33.5 Å². The van der Waals surface area contributed by atoms with Gasteiger partial charge in [-0.25, -0.2) is 4.98 Å². The average molecular weight is 510 g/mol. The van der Waals surface area contributed by atoms with Gasteiger partial charge in [0.15, 0.2) is 0 Å². The molecule has 1 aliphatic heterocycles. The van der Waals surface area contributed by atoms with Crippen LogP contribution in [0, 0.1) is 11.3 Å². The van der Waals surface area contributed by atoms with Crippen LogP contribution in [0.15, 0.2) is 85.3 Å². The minimum Gasteiger partial charge on any atom is -0.354 e. The summed E-state index contributed by atoms with van der Waals surface area (Å²) in [5.41, 5.74) is 6.38. The van der Waals surface area contributed by atoms with E-state index in [9.17, 15) is 4.79 Å². The van der Waals surface area contributed by atoms with Crippen LogP contribution in [0.2, 0.25) is 5.02 Å². The van der Waals surface area contributed by atoms with Crippen LogP contribution in [0.3, 0.4) is 0 Å². The van der Waals surface area contributed by atoms with Crippen molar-refractivity contribution in [1.82, 2.24) is 19.8 Å². The lowest BCUT2D eigenvalue weighted by Crippen LogP contribution is -2.50. The van der Waals surface area contributed by atoms with Crippen LogP contribution in [-0.4, -0.2) is 32.9 Å². The lowest BCUT2D eigenvalue weighted by molar-refractivity contribution is -0.127. The second kappa shape index (κ2) is 11.4. The number of nitrogens with one attached hydrogen (secondary N) is 1. The molecule has 1 atom stereocenters. The van der Waals surface area contributed by atoms with Crippen molar-refractivity contribution in [3.8, 4) is 6.07 Å². The van der Waals surface area contributed by atoms with Gasteiger partial charge in [0.25, 0.3) is 0 Å². The standard InChI is InChI=1S/C30H28ClN5O/c31-27-7-3-4-24(14-27)19-35-20-26-6-2-1-5-25(26)15-29(35)30(37)34-13-12-28-17-33-21-36(28)18-23-10-8-22(16-32)9-11-23/h1-11,14,17,21,29H,12-13,15,18-20H2,(H,34,37). The predicted octanol–water partition coefficient (Wildman–Crippen LogP) is 4.74. The highest BCUT2D eigenvalue weighted by Crippen LogP contribution is 2.26. The van der Waals surface area contributed by atoms with Crippen molar-refractivity contribution >= 4 is 17.5 Å². The molecule has 0 bridgehead atoms. The van der Waals surface area contributed by atoms with Crippen molar-refractivity contribution in [3.05, 3.63) is 124 Å². The number of hydrogen-bond acceptors (Lipinski definition) is 4. The predicted molar refractivity (Wildman–Crippen MR) is 144 cm³/mol. The molecule has 0 saturated carbocycles. The molecule has 7 heteroatoms. The maximum Gasteiger partial charge on any atom is 0.237 e. The summed E-state index contributed by atoms with van der Waals surface area (Å²) in [6.45, 7) is 2.57. The lowest BCUT2D eigenvalue weighted by atomic mass is 9.93. The lowest BCUT2D eigenvalue weighted by Gasteiger charge is -2.36. The van der Waals surface area contributed by atoms with E-state index in [0.29, 0.717) is 43.1 Å². The molecule has 1 unspecified atom stereocenters. The number of carbonyl (C=O) groups excluding carboxylic acids is 1. The molecule has 0 aliphatic carbocycles. The van der Waals surface area contributed by atoms with Gasteiger partial charge in [-0.05, 0) is 52.9 Å². The number of nitriles is 1. The highest BCUT2D eigenvalue weighted by atomic mass is 35.5. The molecule has 6 nitrogen and oxygen atoms in total. The number of halogens is 1. The number of hydrogen-bond donors (Lipinski definition) is 1. The maximum atomic E-state index is 13.4. The van der Waals surface area contributed by atoms with Crippen molar-refractivity contribution in [2.75, 3.05) is 6.54 Å². The third-order valence-corrected chi connectivity index (χ3v) is 7.07. The van der Waals surface area contributed by atoms with Gasteiger partial charge in [0, 0.05) is 49.5 Å². The molecule has 1 aliphatic rings. The van der Waals surface area contributed by atoms with Crippen LogP contribution >= 0.6 is 11.6 Å². The smallest absolute Gasteiger partial charge is 0.237 e. The van der Waals surface area contributed by atoms with Gasteiger partial charge in [-0.2, -0.15) is 5.26 Å². The summed E-state index contributed by atoms with van der Waals surface area (Å²) in [6, 6.07) is 25.6. The summed E-state index contributed by atoms with van der Waals surface area (Å²) in [5.74, 6) is 0.0367. The Morgan fingerprint density at radius 3 is 2.62 bits per heavy atom. The highest BCUT2D eigenvalue weighted by molar-refractivity contribution is 6.30. The summed E-state index contributed by atoms with van der Waals surface area (Å²) < 4.78 is 2.08. The normalized spacial score (nSPS) is 15.1. The second-order valence-corrected chi connectivity index (χ2v) is 9.82. The van der Waals surface area contributed by atoms with Crippen LogP contribution in [0.25, 0.3) is 0 Å². The zero-order valence-electron chi connectivity index (χ0n) is 20.5. The molecule has 4 aromatic rings. The van der Waals surface area contributed by atoms with Gasteiger partial charge in [0.05, 0.1) is 24.0 Å². The molecule has 186 valence electrons. The van der Waals surface area contributed by atoms with E-state index in [4.69, 9.17) is 16.9 Å². The quantitative estimate of drug-likeness (QED) is 0.372. The molecule has 0 spiro atoms. The van der Waals surface area contributed by atoms with Crippen LogP contribution in [0.5, 0.6) is 0 Å². The van der Waals surface area contributed by atoms with E-state index in [0.717, 1.165) is 23.4 Å². The topological polar surface area (TPSA) is 74.0 Å². The molecule has 1 N–H and O–H groups in total. The molecule has 3 aromatic carbocycles. The van der Waals surface area contributed by atoms with Crippen LogP contribution in [-0.2, 0) is 37.3 Å². The monoisotopic (exact) mass is 509 g/mol. The fraction of sp³-hybridized carbons (Fsp3) is 0.233. The fourth-order valence-corrected chi connectivity index (χ4v) is 5.10. The molecule has 0 saturated heterocycles. The summed E-state index contributed by atoms with van der Waals surface area (Å²) >= 11 is 6.22. The number of amides is 1. The van der Waals surface area contributed by atoms with Crippen molar-refractivity contribution in [3.63, 3.8) is 0 Å². The SMILES string of the molecule is N#Cc1ccc(Cn2cncc2CCNC(=O)C2Cc3ccccc3CN2Cc2cccc(Cl)c2)cc1. The molecule has 0 fully saturated rings. The summed E-state index contributed by atoms with van der Waals surface area (Å²) in [5, 5.41) is 12.9. The third kappa shape index (κ3) is 6.08. The van der Waals surface area contributed by atoms with Gasteiger partial charge in [0.1, 0.15) is 0 Å². The van der Waals surface area contributed by atoms with Gasteiger partial charge in [0.2, 0.25) is 5.91 Å². The Labute approximate surface area is 222 Å². The van der Waals surface area contributed by atoms with E-state index in [-0.39, 0.29) is 11.9 Å². The Morgan fingerprint density at radius 2 is 1.84 bits per heavy atom. The molecule has 2 heterocycles. The van der Waals surface area contributed by atoms with Gasteiger partial charge in [-0.15, -0.1) is 0 Å². The zero-order valence-corrected chi connectivity index (χ0v) is 21.2. The van der Waals surface area contributed by atoms with Gasteiger partial charge in [-0.1, -0.05) is 60.1 Å². The molecule has 0 radical (unpaired) electrons. The van der Waals surface area contributed by atoms with Crippen molar-refractivity contribution < 1.29 is 4.79 Å². The molecule has 1 aromatic heterocycles. The number of rotatable bonds is 8. The summed E-state index contributed by atoms with van der Waals surface area (Å²) in [6.07, 6.45) is 5.01. The first kappa shape index (κ1) is 24.8. The number of imidazole rings is 1. The van der Waals surface area contributed by atoms with Gasteiger partial charge in [-0.3, -0.25) is 9.69 Å². The molecular weight excluding hydrogens is 482 g/mol. The number of fused-ring (bicyclic) bond motifs is 1. The number of benzene rings is 3. The summed E-state index contributed by atoms with van der Waals surface area (Å²) in [7, 11) is 0. The first-order chi connectivity index (χ1) is 18.1. The Hall–Kier alpha value is -3.92. The Bertz CT molecular complexity index is 1420. The average Bonchev–Trinajstić information content (AvgIpc) is 3.35. The fourth-order valence-electron chi connectivity index (χ4n) is 4.88. The maximum absolute atomic E-state index is 13.4. The second-order valence-electron chi connectivity index (χ2n) is 9.39. The van der Waals surface area contributed by atoms with E-state index >= 15 is 0 Å². The van der Waals surface area contributed by atoms with E-state index in [1.165, 1.54) is 11.1 Å². The largest absolute Gasteiger partial charge is 0.354 e. The van der Waals surface area contributed by atoms with Crippen molar-refractivity contribution in [2.24, 2.45) is 0 Å². The van der Waals surface area contributed by atoms with E-state index in [2.05, 4.69) is 50.1 Å². The Kier molecular flexibility index (Phi) is 7.65. The first-order valence-corrected chi connectivity index (χ1v) is 12.8. The van der Waals surface area contributed by atoms with E-state index in [1.54, 1.807) is 6.33 Å². The van der Waals surface area contributed by atoms with E-state index < -0.39 is 0 Å². The minimum atomic E-state index is -0.252. The number of nitrogens with zero attached hydrogens (tertiary/aromatic N) is 4. The van der Waals surface area contributed by atoms with Crippen LogP contribution in [0.4, 0.5) is 0 Å². The highest BCUT2D eigenvalue weighted by Gasteiger charge is 2.31. The zero-order chi connectivity index (χ0) is 25.6. The summed E-state index contributed by atoms with van der Waals surface area (Å²) in [4.78, 5) is 20.0. The Balaban J connectivity index is 1.23. The van der Waals surface area contributed by atoms with E-state index in [1.807, 2.05) is 54.7 Å². The third-order valence-electron chi connectivity index (χ3n) is 6.84. The number of aromatic nitrogens is 2. The van der Waals surface area contributed by atoms with Gasteiger partial charge < -0.3 is 9.88 Å². The molecular formula is C30H28ClN5O. The molecule has 37 heavy (non-hydrogen) atoms.